The van der Waals surface area contributed by atoms with Gasteiger partial charge in [-0.25, -0.2) is 0 Å². The lowest BCUT2D eigenvalue weighted by Gasteiger charge is -2.16. The molecule has 0 radical (unpaired) electrons. The molecule has 1 aliphatic carbocycles. The minimum atomic E-state index is 0.646. The van der Waals surface area contributed by atoms with Crippen molar-refractivity contribution in [1.29, 1.82) is 0 Å². The number of benzene rings is 1. The first kappa shape index (κ1) is 13.2. The van der Waals surface area contributed by atoms with Crippen LogP contribution in [0.15, 0.2) is 18.2 Å². The highest BCUT2D eigenvalue weighted by Gasteiger charge is 2.12. The van der Waals surface area contributed by atoms with Crippen LogP contribution in [0.4, 0.5) is 0 Å². The SMILES string of the molecule is Clc1ccc(Cl)c(CNC2CCCCCC2)c1. The van der Waals surface area contributed by atoms with Crippen LogP contribution < -0.4 is 5.32 Å². The van der Waals surface area contributed by atoms with E-state index in [1.54, 1.807) is 0 Å². The maximum Gasteiger partial charge on any atom is 0.0451 e. The van der Waals surface area contributed by atoms with Crippen molar-refractivity contribution in [2.24, 2.45) is 0 Å². The maximum atomic E-state index is 6.15. The van der Waals surface area contributed by atoms with Crippen LogP contribution in [0.3, 0.4) is 0 Å². The molecule has 17 heavy (non-hydrogen) atoms. The summed E-state index contributed by atoms with van der Waals surface area (Å²) in [6.45, 7) is 0.823. The third kappa shape index (κ3) is 4.17. The summed E-state index contributed by atoms with van der Waals surface area (Å²) in [6.07, 6.45) is 8.05. The van der Waals surface area contributed by atoms with Gasteiger partial charge in [0, 0.05) is 22.6 Å². The standard InChI is InChI=1S/C14H19Cl2N/c15-12-7-8-14(16)11(9-12)10-17-13-5-3-1-2-4-6-13/h7-9,13,17H,1-6,10H2. The Bertz CT molecular complexity index is 357. The zero-order valence-electron chi connectivity index (χ0n) is 10.0. The Hall–Kier alpha value is -0.240. The van der Waals surface area contributed by atoms with Crippen LogP contribution in [-0.2, 0) is 6.54 Å². The molecule has 1 aromatic rings. The van der Waals surface area contributed by atoms with E-state index in [1.807, 2.05) is 18.2 Å². The van der Waals surface area contributed by atoms with Crippen molar-refractivity contribution in [3.05, 3.63) is 33.8 Å². The first-order valence-corrected chi connectivity index (χ1v) is 7.18. The molecule has 0 spiro atoms. The number of rotatable bonds is 3. The van der Waals surface area contributed by atoms with Gasteiger partial charge in [-0.1, -0.05) is 48.9 Å². The van der Waals surface area contributed by atoms with Crippen LogP contribution in [0.5, 0.6) is 0 Å². The van der Waals surface area contributed by atoms with Gasteiger partial charge in [0.1, 0.15) is 0 Å². The van der Waals surface area contributed by atoms with Gasteiger partial charge < -0.3 is 5.32 Å². The van der Waals surface area contributed by atoms with E-state index in [0.717, 1.165) is 22.2 Å². The number of nitrogens with one attached hydrogen (secondary N) is 1. The van der Waals surface area contributed by atoms with Crippen LogP contribution in [0.1, 0.15) is 44.1 Å². The summed E-state index contributed by atoms with van der Waals surface area (Å²) in [6, 6.07) is 6.30. The predicted molar refractivity (Wildman–Crippen MR) is 74.8 cm³/mol. The highest BCUT2D eigenvalue weighted by molar-refractivity contribution is 6.33. The van der Waals surface area contributed by atoms with Gasteiger partial charge in [-0.2, -0.15) is 0 Å². The lowest BCUT2D eigenvalue weighted by atomic mass is 10.1. The minimum absolute atomic E-state index is 0.646. The molecule has 2 rings (SSSR count). The number of hydrogen-bond donors (Lipinski definition) is 1. The average Bonchev–Trinajstić information content (AvgIpc) is 2.59. The normalized spacial score (nSPS) is 18.0. The van der Waals surface area contributed by atoms with Crippen LogP contribution in [0, 0.1) is 0 Å². The lowest BCUT2D eigenvalue weighted by Crippen LogP contribution is -2.27. The minimum Gasteiger partial charge on any atom is -0.310 e. The summed E-state index contributed by atoms with van der Waals surface area (Å²) in [5, 5.41) is 5.16. The molecule has 0 amide bonds. The molecule has 1 nitrogen and oxygen atoms in total. The maximum absolute atomic E-state index is 6.15. The summed E-state index contributed by atoms with van der Waals surface area (Å²) in [7, 11) is 0. The zero-order chi connectivity index (χ0) is 12.1. The molecule has 1 aromatic carbocycles. The highest BCUT2D eigenvalue weighted by atomic mass is 35.5. The fourth-order valence-electron chi connectivity index (χ4n) is 2.42. The van der Waals surface area contributed by atoms with Crippen molar-refractivity contribution < 1.29 is 0 Å². The molecule has 94 valence electrons. The molecule has 0 heterocycles. The topological polar surface area (TPSA) is 12.0 Å². The van der Waals surface area contributed by atoms with E-state index in [4.69, 9.17) is 23.2 Å². The quantitative estimate of drug-likeness (QED) is 0.779. The average molecular weight is 272 g/mol. The molecule has 1 aliphatic rings. The summed E-state index contributed by atoms with van der Waals surface area (Å²) in [4.78, 5) is 0. The molecule has 0 bridgehead atoms. The molecule has 3 heteroatoms. The Kier molecular flexibility index (Phi) is 5.15. The van der Waals surface area contributed by atoms with Gasteiger partial charge in [0.05, 0.1) is 0 Å². The van der Waals surface area contributed by atoms with E-state index in [2.05, 4.69) is 5.32 Å². The van der Waals surface area contributed by atoms with Crippen molar-refractivity contribution >= 4 is 23.2 Å². The van der Waals surface area contributed by atoms with Gasteiger partial charge in [-0.05, 0) is 36.6 Å². The second-order valence-electron chi connectivity index (χ2n) is 4.81. The van der Waals surface area contributed by atoms with E-state index in [9.17, 15) is 0 Å². The molecule has 0 aromatic heterocycles. The van der Waals surface area contributed by atoms with Gasteiger partial charge >= 0.3 is 0 Å². The van der Waals surface area contributed by atoms with Crippen molar-refractivity contribution in [2.45, 2.75) is 51.1 Å². The van der Waals surface area contributed by atoms with Crippen molar-refractivity contribution in [3.63, 3.8) is 0 Å². The van der Waals surface area contributed by atoms with E-state index < -0.39 is 0 Å². The molecular formula is C14H19Cl2N. The molecular weight excluding hydrogens is 253 g/mol. The third-order valence-electron chi connectivity index (χ3n) is 3.44. The van der Waals surface area contributed by atoms with Crippen LogP contribution in [-0.4, -0.2) is 6.04 Å². The molecule has 0 aliphatic heterocycles. The molecule has 0 unspecified atom stereocenters. The van der Waals surface area contributed by atoms with E-state index >= 15 is 0 Å². The summed E-state index contributed by atoms with van der Waals surface area (Å²) in [5.41, 5.74) is 1.10. The fraction of sp³-hybridized carbons (Fsp3) is 0.571. The van der Waals surface area contributed by atoms with Gasteiger partial charge in [0.25, 0.3) is 0 Å². The van der Waals surface area contributed by atoms with Gasteiger partial charge in [-0.3, -0.25) is 0 Å². The number of hydrogen-bond acceptors (Lipinski definition) is 1. The second kappa shape index (κ2) is 6.63. The monoisotopic (exact) mass is 271 g/mol. The molecule has 0 atom stereocenters. The Labute approximate surface area is 114 Å². The second-order valence-corrected chi connectivity index (χ2v) is 5.65. The largest absolute Gasteiger partial charge is 0.310 e. The first-order valence-electron chi connectivity index (χ1n) is 6.43. The first-order chi connectivity index (χ1) is 8.25. The van der Waals surface area contributed by atoms with E-state index in [0.29, 0.717) is 6.04 Å². The Balaban J connectivity index is 1.89. The van der Waals surface area contributed by atoms with Crippen molar-refractivity contribution in [3.8, 4) is 0 Å². The Morgan fingerprint density at radius 3 is 2.47 bits per heavy atom. The summed E-state index contributed by atoms with van der Waals surface area (Å²) < 4.78 is 0. The molecule has 1 N–H and O–H groups in total. The number of halogens is 2. The summed E-state index contributed by atoms with van der Waals surface area (Å²) >= 11 is 12.1. The predicted octanol–water partition coefficient (Wildman–Crippen LogP) is 4.81. The van der Waals surface area contributed by atoms with Crippen LogP contribution in [0.2, 0.25) is 10.0 Å². The van der Waals surface area contributed by atoms with Crippen molar-refractivity contribution in [1.82, 2.24) is 5.32 Å². The van der Waals surface area contributed by atoms with Crippen LogP contribution in [0.25, 0.3) is 0 Å². The summed E-state index contributed by atoms with van der Waals surface area (Å²) in [5.74, 6) is 0. The van der Waals surface area contributed by atoms with E-state index in [1.165, 1.54) is 38.5 Å². The Morgan fingerprint density at radius 2 is 1.76 bits per heavy atom. The molecule has 1 fully saturated rings. The van der Waals surface area contributed by atoms with Gasteiger partial charge in [-0.15, -0.1) is 0 Å². The third-order valence-corrected chi connectivity index (χ3v) is 4.05. The van der Waals surface area contributed by atoms with Gasteiger partial charge in [0.15, 0.2) is 0 Å². The van der Waals surface area contributed by atoms with Crippen LogP contribution >= 0.6 is 23.2 Å². The molecule has 1 saturated carbocycles. The highest BCUT2D eigenvalue weighted by Crippen LogP contribution is 2.22. The van der Waals surface area contributed by atoms with Crippen molar-refractivity contribution in [2.75, 3.05) is 0 Å². The fourth-order valence-corrected chi connectivity index (χ4v) is 2.80. The van der Waals surface area contributed by atoms with E-state index in [-0.39, 0.29) is 0 Å². The Morgan fingerprint density at radius 1 is 1.06 bits per heavy atom. The van der Waals surface area contributed by atoms with Gasteiger partial charge in [0.2, 0.25) is 0 Å². The zero-order valence-corrected chi connectivity index (χ0v) is 11.5. The lowest BCUT2D eigenvalue weighted by molar-refractivity contribution is 0.459. The smallest absolute Gasteiger partial charge is 0.0451 e. The molecule has 0 saturated heterocycles.